The fourth-order valence-electron chi connectivity index (χ4n) is 4.75. The molecule has 3 rings (SSSR count). The van der Waals surface area contributed by atoms with E-state index in [1.807, 2.05) is 45.0 Å². The molecule has 7 nitrogen and oxygen atoms in total. The van der Waals surface area contributed by atoms with Gasteiger partial charge in [-0.1, -0.05) is 91.0 Å². The maximum Gasteiger partial charge on any atom is 0.407 e. The summed E-state index contributed by atoms with van der Waals surface area (Å²) in [7, 11) is 0. The van der Waals surface area contributed by atoms with Crippen molar-refractivity contribution in [3.63, 3.8) is 0 Å². The largest absolute Gasteiger partial charge is 0.444 e. The number of nitrogens with one attached hydrogen (secondary N) is 1. The van der Waals surface area contributed by atoms with Crippen LogP contribution in [0, 0.1) is 11.3 Å². The molecule has 0 radical (unpaired) electrons. The zero-order valence-corrected chi connectivity index (χ0v) is 25.5. The van der Waals surface area contributed by atoms with Crippen LogP contribution in [0.1, 0.15) is 43.9 Å². The first-order chi connectivity index (χ1) is 20.3. The maximum absolute atomic E-state index is 12.1. The molecule has 0 aliphatic heterocycles. The number of hydrogen-bond acceptors (Lipinski definition) is 6. The molecule has 224 valence electrons. The summed E-state index contributed by atoms with van der Waals surface area (Å²) in [6.07, 6.45) is 0.459. The van der Waals surface area contributed by atoms with Crippen LogP contribution in [-0.4, -0.2) is 72.2 Å². The van der Waals surface area contributed by atoms with Crippen LogP contribution in [0.4, 0.5) is 4.79 Å². The smallest absolute Gasteiger partial charge is 0.407 e. The van der Waals surface area contributed by atoms with Crippen molar-refractivity contribution in [2.24, 2.45) is 0 Å². The summed E-state index contributed by atoms with van der Waals surface area (Å²) in [5, 5.41) is 12.4. The summed E-state index contributed by atoms with van der Waals surface area (Å²) < 4.78 is 5.38. The Labute approximate surface area is 252 Å². The molecule has 0 spiro atoms. The van der Waals surface area contributed by atoms with Crippen LogP contribution in [0.15, 0.2) is 91.0 Å². The number of ether oxygens (including phenoxy) is 1. The summed E-state index contributed by atoms with van der Waals surface area (Å²) in [6, 6.07) is 33.8. The van der Waals surface area contributed by atoms with Gasteiger partial charge in [0.1, 0.15) is 5.60 Å². The number of rotatable bonds is 17. The Morgan fingerprint density at radius 1 is 0.690 bits per heavy atom. The zero-order chi connectivity index (χ0) is 30.0. The van der Waals surface area contributed by atoms with Crippen molar-refractivity contribution in [1.29, 1.82) is 5.26 Å². The van der Waals surface area contributed by atoms with Crippen LogP contribution < -0.4 is 5.32 Å². The highest BCUT2D eigenvalue weighted by Crippen LogP contribution is 2.10. The highest BCUT2D eigenvalue weighted by molar-refractivity contribution is 5.67. The van der Waals surface area contributed by atoms with Gasteiger partial charge in [-0.25, -0.2) is 4.79 Å². The Morgan fingerprint density at radius 3 is 1.52 bits per heavy atom. The summed E-state index contributed by atoms with van der Waals surface area (Å²) in [5.41, 5.74) is 3.27. The molecule has 0 aliphatic carbocycles. The number of carbonyl (C=O) groups is 1. The van der Waals surface area contributed by atoms with Crippen molar-refractivity contribution in [2.45, 2.75) is 52.4 Å². The lowest BCUT2D eigenvalue weighted by atomic mass is 10.2. The van der Waals surface area contributed by atoms with Crippen molar-refractivity contribution in [2.75, 3.05) is 45.8 Å². The molecule has 1 amide bonds. The minimum Gasteiger partial charge on any atom is -0.444 e. The number of amides is 1. The lowest BCUT2D eigenvalue weighted by molar-refractivity contribution is 0.0525. The monoisotopic (exact) mass is 569 g/mol. The van der Waals surface area contributed by atoms with Gasteiger partial charge in [-0.05, 0) is 43.9 Å². The average molecular weight is 570 g/mol. The lowest BCUT2D eigenvalue weighted by Crippen LogP contribution is -2.40. The van der Waals surface area contributed by atoms with E-state index in [0.717, 1.165) is 58.8 Å². The van der Waals surface area contributed by atoms with Crippen molar-refractivity contribution in [3.05, 3.63) is 108 Å². The minimum absolute atomic E-state index is 0.372. The van der Waals surface area contributed by atoms with Gasteiger partial charge in [0, 0.05) is 58.9 Å². The molecule has 7 heteroatoms. The van der Waals surface area contributed by atoms with Crippen LogP contribution in [0.3, 0.4) is 0 Å². The van der Waals surface area contributed by atoms with Crippen LogP contribution in [-0.2, 0) is 24.4 Å². The standard InChI is InChI=1S/C35H47N5O2/c1-35(2,3)42-34(41)37-21-13-22-38(28-31-14-7-4-8-15-31)24-26-40(30-33-18-11-6-12-19-33)27-25-39(23-20-36)29-32-16-9-5-10-17-32/h4-12,14-19H,13,21-30H2,1-3H3,(H,37,41). The van der Waals surface area contributed by atoms with E-state index in [9.17, 15) is 10.1 Å². The fraction of sp³-hybridized carbons (Fsp3) is 0.429. The third kappa shape index (κ3) is 13.8. The highest BCUT2D eigenvalue weighted by Gasteiger charge is 2.16. The van der Waals surface area contributed by atoms with E-state index < -0.39 is 5.60 Å². The first-order valence-corrected chi connectivity index (χ1v) is 14.9. The normalized spacial score (nSPS) is 11.5. The minimum atomic E-state index is -0.504. The van der Waals surface area contributed by atoms with Crippen LogP contribution >= 0.6 is 0 Å². The summed E-state index contributed by atoms with van der Waals surface area (Å²) in [5.74, 6) is 0. The van der Waals surface area contributed by atoms with Crippen LogP contribution in [0.25, 0.3) is 0 Å². The summed E-state index contributed by atoms with van der Waals surface area (Å²) in [6.45, 7) is 13.4. The molecule has 0 unspecified atom stereocenters. The van der Waals surface area contributed by atoms with Crippen molar-refractivity contribution in [3.8, 4) is 6.07 Å². The Hall–Kier alpha value is -3.70. The second-order valence-corrected chi connectivity index (χ2v) is 11.7. The first kappa shape index (κ1) is 32.8. The average Bonchev–Trinajstić information content (AvgIpc) is 2.97. The van der Waals surface area contributed by atoms with Crippen LogP contribution in [0.2, 0.25) is 0 Å². The Bertz CT molecular complexity index is 1190. The second-order valence-electron chi connectivity index (χ2n) is 11.7. The predicted molar refractivity (Wildman–Crippen MR) is 170 cm³/mol. The number of nitriles is 1. The van der Waals surface area contributed by atoms with Gasteiger partial charge in [-0.2, -0.15) is 5.26 Å². The third-order valence-electron chi connectivity index (χ3n) is 6.83. The summed E-state index contributed by atoms with van der Waals surface area (Å²) >= 11 is 0. The van der Waals surface area contributed by atoms with Gasteiger partial charge in [0.25, 0.3) is 0 Å². The zero-order valence-electron chi connectivity index (χ0n) is 25.5. The Balaban J connectivity index is 1.62. The van der Waals surface area contributed by atoms with E-state index >= 15 is 0 Å². The molecule has 0 saturated heterocycles. The van der Waals surface area contributed by atoms with Crippen molar-refractivity contribution >= 4 is 6.09 Å². The number of carbonyl (C=O) groups excluding carboxylic acids is 1. The van der Waals surface area contributed by atoms with Crippen LogP contribution in [0.5, 0.6) is 0 Å². The molecule has 3 aromatic carbocycles. The highest BCUT2D eigenvalue weighted by atomic mass is 16.6. The molecule has 0 fully saturated rings. The molecule has 0 aliphatic rings. The molecule has 0 bridgehead atoms. The predicted octanol–water partition coefficient (Wildman–Crippen LogP) is 5.93. The SMILES string of the molecule is CC(C)(C)OC(=O)NCCCN(CCN(CCN(CC#N)Cc1ccccc1)Cc1ccccc1)Cc1ccccc1. The van der Waals surface area contributed by atoms with E-state index in [0.29, 0.717) is 13.1 Å². The maximum atomic E-state index is 12.1. The van der Waals surface area contributed by atoms with Gasteiger partial charge in [0.15, 0.2) is 0 Å². The molecule has 0 heterocycles. The lowest BCUT2D eigenvalue weighted by Gasteiger charge is -2.30. The topological polar surface area (TPSA) is 71.8 Å². The number of hydrogen-bond donors (Lipinski definition) is 1. The molecule has 3 aromatic rings. The van der Waals surface area contributed by atoms with Gasteiger partial charge in [-0.15, -0.1) is 0 Å². The number of alkyl carbamates (subject to hydrolysis) is 1. The van der Waals surface area contributed by atoms with Gasteiger partial charge in [-0.3, -0.25) is 14.7 Å². The quantitative estimate of drug-likeness (QED) is 0.160. The molecular formula is C35H47N5O2. The number of benzene rings is 3. The van der Waals surface area contributed by atoms with E-state index in [1.165, 1.54) is 16.7 Å². The fourth-order valence-corrected chi connectivity index (χ4v) is 4.75. The van der Waals surface area contributed by atoms with Gasteiger partial charge in [0.2, 0.25) is 0 Å². The van der Waals surface area contributed by atoms with E-state index in [2.05, 4.69) is 92.8 Å². The molecule has 0 atom stereocenters. The molecule has 1 N–H and O–H groups in total. The van der Waals surface area contributed by atoms with Crippen molar-refractivity contribution in [1.82, 2.24) is 20.0 Å². The molecule has 0 saturated carbocycles. The van der Waals surface area contributed by atoms with Gasteiger partial charge in [0.05, 0.1) is 12.6 Å². The second kappa shape index (κ2) is 18.0. The summed E-state index contributed by atoms with van der Waals surface area (Å²) in [4.78, 5) is 19.3. The van der Waals surface area contributed by atoms with E-state index in [-0.39, 0.29) is 6.09 Å². The van der Waals surface area contributed by atoms with Gasteiger partial charge < -0.3 is 10.1 Å². The molecule has 42 heavy (non-hydrogen) atoms. The molecule has 0 aromatic heterocycles. The third-order valence-corrected chi connectivity index (χ3v) is 6.83. The Kier molecular flexibility index (Phi) is 14.0. The molecular weight excluding hydrogens is 522 g/mol. The van der Waals surface area contributed by atoms with Gasteiger partial charge >= 0.3 is 6.09 Å². The first-order valence-electron chi connectivity index (χ1n) is 14.9. The number of nitrogens with zero attached hydrogens (tertiary/aromatic N) is 4. The van der Waals surface area contributed by atoms with Crippen molar-refractivity contribution < 1.29 is 9.53 Å². The van der Waals surface area contributed by atoms with E-state index in [4.69, 9.17) is 4.74 Å². The van der Waals surface area contributed by atoms with E-state index in [1.54, 1.807) is 0 Å². The Morgan fingerprint density at radius 2 is 1.10 bits per heavy atom.